The Kier molecular flexibility index (Phi) is 6.54. The average Bonchev–Trinajstić information content (AvgIpc) is 2.70. The Labute approximate surface area is 182 Å². The Hall–Kier alpha value is -3.07. The van der Waals surface area contributed by atoms with Crippen LogP contribution in [0.5, 0.6) is 5.75 Å². The fourth-order valence-corrected chi connectivity index (χ4v) is 4.11. The van der Waals surface area contributed by atoms with Gasteiger partial charge in [-0.05, 0) is 42.7 Å². The van der Waals surface area contributed by atoms with E-state index in [-0.39, 0.29) is 18.4 Å². The lowest BCUT2D eigenvalue weighted by Crippen LogP contribution is -2.48. The Morgan fingerprint density at radius 3 is 2.58 bits per heavy atom. The number of aryl methyl sites for hydroxylation is 1. The summed E-state index contributed by atoms with van der Waals surface area (Å²) >= 11 is 0. The highest BCUT2D eigenvalue weighted by Gasteiger charge is 2.35. The van der Waals surface area contributed by atoms with Crippen molar-refractivity contribution in [3.05, 3.63) is 53.6 Å². The lowest BCUT2D eigenvalue weighted by atomic mass is 10.1. The number of nitrogens with one attached hydrogen (secondary N) is 2. The number of hydrogen-bond acceptors (Lipinski definition) is 5. The highest BCUT2D eigenvalue weighted by Crippen LogP contribution is 2.36. The van der Waals surface area contributed by atoms with Gasteiger partial charge < -0.3 is 15.4 Å². The zero-order valence-corrected chi connectivity index (χ0v) is 18.8. The first kappa shape index (κ1) is 22.6. The van der Waals surface area contributed by atoms with Crippen LogP contribution in [0.15, 0.2) is 42.5 Å². The van der Waals surface area contributed by atoms with E-state index in [1.165, 1.54) is 4.31 Å². The molecule has 2 N–H and O–H groups in total. The second-order valence-electron chi connectivity index (χ2n) is 8.01. The minimum atomic E-state index is -3.62. The first-order valence-electron chi connectivity index (χ1n) is 9.99. The number of carbonyl (C=O) groups excluding carboxylic acids is 2. The van der Waals surface area contributed by atoms with Crippen LogP contribution in [-0.4, -0.2) is 45.7 Å². The Bertz CT molecular complexity index is 1100. The van der Waals surface area contributed by atoms with E-state index in [9.17, 15) is 18.0 Å². The predicted molar refractivity (Wildman–Crippen MR) is 120 cm³/mol. The number of benzene rings is 2. The van der Waals surface area contributed by atoms with Gasteiger partial charge >= 0.3 is 0 Å². The maximum absolute atomic E-state index is 13.0. The molecule has 8 nitrogen and oxygen atoms in total. The van der Waals surface area contributed by atoms with E-state index in [1.807, 2.05) is 20.8 Å². The number of nitrogens with zero attached hydrogens (tertiary/aromatic N) is 1. The normalized spacial score (nSPS) is 15.8. The Morgan fingerprint density at radius 2 is 1.90 bits per heavy atom. The number of ether oxygens (including phenoxy) is 1. The molecule has 0 unspecified atom stereocenters. The summed E-state index contributed by atoms with van der Waals surface area (Å²) in [6.07, 6.45) is 0.0185. The number of sulfonamides is 1. The standard InChI is InChI=1S/C22H27N3O5S/c1-14(2)12-23-21(26)16-7-5-6-8-17(16)24-22(27)20-13-25(31(4,28)29)18-11-15(3)9-10-19(18)30-20/h5-11,14,20H,12-13H2,1-4H3,(H,23,26)(H,24,27)/t20-/m0/s1. The number of anilines is 2. The van der Waals surface area contributed by atoms with E-state index in [0.29, 0.717) is 29.2 Å². The molecule has 0 radical (unpaired) electrons. The summed E-state index contributed by atoms with van der Waals surface area (Å²) in [7, 11) is -3.62. The van der Waals surface area contributed by atoms with Crippen LogP contribution in [0.4, 0.5) is 11.4 Å². The third-order valence-electron chi connectivity index (χ3n) is 4.78. The van der Waals surface area contributed by atoms with Gasteiger partial charge in [0.05, 0.1) is 29.7 Å². The number of carbonyl (C=O) groups is 2. The van der Waals surface area contributed by atoms with Gasteiger partial charge in [-0.3, -0.25) is 13.9 Å². The van der Waals surface area contributed by atoms with Gasteiger partial charge in [0.25, 0.3) is 11.8 Å². The largest absolute Gasteiger partial charge is 0.476 e. The maximum atomic E-state index is 13.0. The fourth-order valence-electron chi connectivity index (χ4n) is 3.21. The SMILES string of the molecule is Cc1ccc2c(c1)N(S(C)(=O)=O)C[C@@H](C(=O)Nc1ccccc1C(=O)NCC(C)C)O2. The van der Waals surface area contributed by atoms with Crippen LogP contribution in [0.3, 0.4) is 0 Å². The van der Waals surface area contributed by atoms with E-state index < -0.39 is 22.0 Å². The minimum Gasteiger partial charge on any atom is -0.476 e. The molecule has 2 amide bonds. The Morgan fingerprint density at radius 1 is 1.19 bits per heavy atom. The van der Waals surface area contributed by atoms with Crippen LogP contribution in [0.25, 0.3) is 0 Å². The molecular formula is C22H27N3O5S. The predicted octanol–water partition coefficient (Wildman–Crippen LogP) is 2.55. The molecular weight excluding hydrogens is 418 g/mol. The fraction of sp³-hybridized carbons (Fsp3) is 0.364. The summed E-state index contributed by atoms with van der Waals surface area (Å²) in [5, 5.41) is 5.54. The van der Waals surface area contributed by atoms with Crippen LogP contribution >= 0.6 is 0 Å². The molecule has 0 saturated carbocycles. The number of rotatable bonds is 6. The van der Waals surface area contributed by atoms with E-state index >= 15 is 0 Å². The van der Waals surface area contributed by atoms with Gasteiger partial charge in [-0.15, -0.1) is 0 Å². The molecule has 0 fully saturated rings. The molecule has 1 atom stereocenters. The summed E-state index contributed by atoms with van der Waals surface area (Å²) in [5.41, 5.74) is 1.93. The second kappa shape index (κ2) is 8.97. The molecule has 2 aromatic carbocycles. The van der Waals surface area contributed by atoms with Crippen molar-refractivity contribution in [1.82, 2.24) is 5.32 Å². The van der Waals surface area contributed by atoms with Crippen molar-refractivity contribution in [1.29, 1.82) is 0 Å². The van der Waals surface area contributed by atoms with Crippen molar-refractivity contribution in [2.24, 2.45) is 5.92 Å². The highest BCUT2D eigenvalue weighted by molar-refractivity contribution is 7.92. The molecule has 2 aromatic rings. The number of fused-ring (bicyclic) bond motifs is 1. The quantitative estimate of drug-likeness (QED) is 0.711. The molecule has 1 aliphatic heterocycles. The van der Waals surface area contributed by atoms with Crippen molar-refractivity contribution in [2.75, 3.05) is 29.0 Å². The Balaban J connectivity index is 1.83. The third-order valence-corrected chi connectivity index (χ3v) is 5.92. The van der Waals surface area contributed by atoms with Crippen molar-refractivity contribution in [3.63, 3.8) is 0 Å². The number of hydrogen-bond donors (Lipinski definition) is 2. The van der Waals surface area contributed by atoms with E-state index in [4.69, 9.17) is 4.74 Å². The van der Waals surface area contributed by atoms with Crippen LogP contribution in [0.1, 0.15) is 29.8 Å². The van der Waals surface area contributed by atoms with Gasteiger partial charge in [-0.25, -0.2) is 8.42 Å². The topological polar surface area (TPSA) is 105 Å². The summed E-state index contributed by atoms with van der Waals surface area (Å²) in [6.45, 7) is 6.17. The van der Waals surface area contributed by atoms with E-state index in [0.717, 1.165) is 11.8 Å². The molecule has 0 saturated heterocycles. The smallest absolute Gasteiger partial charge is 0.267 e. The number of amides is 2. The summed E-state index contributed by atoms with van der Waals surface area (Å²) in [5.74, 6) is -0.242. The average molecular weight is 446 g/mol. The van der Waals surface area contributed by atoms with Gasteiger partial charge in [0, 0.05) is 6.54 Å². The highest BCUT2D eigenvalue weighted by atomic mass is 32.2. The molecule has 0 aromatic heterocycles. The molecule has 31 heavy (non-hydrogen) atoms. The lowest BCUT2D eigenvalue weighted by molar-refractivity contribution is -0.122. The first-order valence-corrected chi connectivity index (χ1v) is 11.8. The summed E-state index contributed by atoms with van der Waals surface area (Å²) < 4.78 is 31.7. The summed E-state index contributed by atoms with van der Waals surface area (Å²) in [4.78, 5) is 25.5. The zero-order chi connectivity index (χ0) is 22.8. The first-order chi connectivity index (χ1) is 14.6. The van der Waals surface area contributed by atoms with Gasteiger partial charge in [0.1, 0.15) is 5.75 Å². The third kappa shape index (κ3) is 5.35. The molecule has 1 aliphatic rings. The molecule has 3 rings (SSSR count). The molecule has 1 heterocycles. The summed E-state index contributed by atoms with van der Waals surface area (Å²) in [6, 6.07) is 11.8. The molecule has 166 valence electrons. The van der Waals surface area contributed by atoms with Gasteiger partial charge in [-0.1, -0.05) is 32.0 Å². The molecule has 0 bridgehead atoms. The molecule has 0 spiro atoms. The minimum absolute atomic E-state index is 0.164. The molecule has 0 aliphatic carbocycles. The van der Waals surface area contributed by atoms with Crippen LogP contribution in [-0.2, 0) is 14.8 Å². The monoisotopic (exact) mass is 445 g/mol. The van der Waals surface area contributed by atoms with Crippen molar-refractivity contribution in [2.45, 2.75) is 26.9 Å². The van der Waals surface area contributed by atoms with Gasteiger partial charge in [0.2, 0.25) is 10.0 Å². The van der Waals surface area contributed by atoms with E-state index in [2.05, 4.69) is 10.6 Å². The van der Waals surface area contributed by atoms with Gasteiger partial charge in [-0.2, -0.15) is 0 Å². The van der Waals surface area contributed by atoms with Crippen LogP contribution in [0.2, 0.25) is 0 Å². The van der Waals surface area contributed by atoms with E-state index in [1.54, 1.807) is 42.5 Å². The van der Waals surface area contributed by atoms with Crippen molar-refractivity contribution >= 4 is 33.2 Å². The van der Waals surface area contributed by atoms with Crippen molar-refractivity contribution in [3.8, 4) is 5.75 Å². The molecule has 9 heteroatoms. The lowest BCUT2D eigenvalue weighted by Gasteiger charge is -2.34. The van der Waals surface area contributed by atoms with Crippen LogP contribution in [0, 0.1) is 12.8 Å². The maximum Gasteiger partial charge on any atom is 0.267 e. The zero-order valence-electron chi connectivity index (χ0n) is 18.0. The second-order valence-corrected chi connectivity index (χ2v) is 9.92. The number of para-hydroxylation sites is 1. The van der Waals surface area contributed by atoms with Crippen molar-refractivity contribution < 1.29 is 22.7 Å². The van der Waals surface area contributed by atoms with Gasteiger partial charge in [0.15, 0.2) is 6.10 Å². The van der Waals surface area contributed by atoms with Crippen LogP contribution < -0.4 is 19.7 Å².